The van der Waals surface area contributed by atoms with Gasteiger partial charge in [0.25, 0.3) is 0 Å². The molecule has 5 rings (SSSR count). The van der Waals surface area contributed by atoms with Gasteiger partial charge in [-0.2, -0.15) is 0 Å². The predicted octanol–water partition coefficient (Wildman–Crippen LogP) is 3.71. The lowest BCUT2D eigenvalue weighted by molar-refractivity contribution is -0.134. The van der Waals surface area contributed by atoms with Gasteiger partial charge in [0.1, 0.15) is 23.0 Å². The number of carbonyl (C=O) groups is 2. The number of piperidine rings is 1. The first kappa shape index (κ1) is 22.4. The van der Waals surface area contributed by atoms with Gasteiger partial charge < -0.3 is 25.0 Å². The van der Waals surface area contributed by atoms with Gasteiger partial charge in [-0.05, 0) is 51.3 Å². The van der Waals surface area contributed by atoms with Crippen molar-refractivity contribution in [2.75, 3.05) is 30.5 Å². The van der Waals surface area contributed by atoms with E-state index >= 15 is 0 Å². The van der Waals surface area contributed by atoms with Crippen molar-refractivity contribution in [2.24, 2.45) is 5.92 Å². The number of thiophene rings is 1. The lowest BCUT2D eigenvalue weighted by Crippen LogP contribution is -2.47. The molecule has 178 valence electrons. The van der Waals surface area contributed by atoms with Gasteiger partial charge in [0.15, 0.2) is 11.5 Å². The van der Waals surface area contributed by atoms with Gasteiger partial charge in [-0.1, -0.05) is 0 Å². The van der Waals surface area contributed by atoms with Crippen LogP contribution in [-0.4, -0.2) is 52.6 Å². The van der Waals surface area contributed by atoms with E-state index in [1.54, 1.807) is 29.5 Å². The van der Waals surface area contributed by atoms with Crippen LogP contribution in [0.2, 0.25) is 0 Å². The average Bonchev–Trinajstić information content (AvgIpc) is 3.42. The quantitative estimate of drug-likeness (QED) is 0.572. The molecular formula is C24H27N5O4S. The van der Waals surface area contributed by atoms with Gasteiger partial charge in [-0.15, -0.1) is 11.3 Å². The molecule has 4 heterocycles. The Morgan fingerprint density at radius 2 is 1.91 bits per heavy atom. The Kier molecular flexibility index (Phi) is 5.99. The molecule has 2 N–H and O–H groups in total. The highest BCUT2D eigenvalue weighted by Crippen LogP contribution is 2.35. The summed E-state index contributed by atoms with van der Waals surface area (Å²) in [5, 5.41) is 7.22. The number of amides is 2. The minimum absolute atomic E-state index is 0.00555. The smallest absolute Gasteiger partial charge is 0.244 e. The Balaban J connectivity index is 1.17. The van der Waals surface area contributed by atoms with Gasteiger partial charge in [0.05, 0.1) is 5.39 Å². The standard InChI is InChI=1S/C24H27N5O4S/c1-13-15(3)34-23-20(13)21(25-11-26-23)27-14(2)24(31)29-8-6-16(7-9-29)22(30)28-17-4-5-18-19(10-17)33-12-32-18/h4-5,10-11,14,16H,6-9,12H2,1-3H3,(H,28,30)(H,25,26,27). The maximum absolute atomic E-state index is 13.1. The molecule has 10 heteroatoms. The second kappa shape index (κ2) is 9.09. The first-order valence-corrected chi connectivity index (χ1v) is 12.2. The van der Waals surface area contributed by atoms with Crippen molar-refractivity contribution in [1.82, 2.24) is 14.9 Å². The van der Waals surface area contributed by atoms with Gasteiger partial charge in [0.2, 0.25) is 18.6 Å². The first-order chi connectivity index (χ1) is 16.4. The Morgan fingerprint density at radius 1 is 1.15 bits per heavy atom. The summed E-state index contributed by atoms with van der Waals surface area (Å²) in [6.45, 7) is 7.24. The second-order valence-corrected chi connectivity index (χ2v) is 9.91. The van der Waals surface area contributed by atoms with E-state index in [2.05, 4.69) is 34.4 Å². The van der Waals surface area contributed by atoms with Gasteiger partial charge in [-0.25, -0.2) is 9.97 Å². The molecule has 1 aromatic carbocycles. The van der Waals surface area contributed by atoms with Crippen LogP contribution in [0.3, 0.4) is 0 Å². The largest absolute Gasteiger partial charge is 0.454 e. The highest BCUT2D eigenvalue weighted by molar-refractivity contribution is 7.18. The van der Waals surface area contributed by atoms with Crippen LogP contribution >= 0.6 is 11.3 Å². The molecule has 1 atom stereocenters. The fraction of sp³-hybridized carbons (Fsp3) is 0.417. The highest BCUT2D eigenvalue weighted by atomic mass is 32.1. The third-order valence-corrected chi connectivity index (χ3v) is 7.62. The molecule has 0 spiro atoms. The topological polar surface area (TPSA) is 106 Å². The Labute approximate surface area is 201 Å². The number of rotatable bonds is 5. The van der Waals surface area contributed by atoms with Gasteiger partial charge in [-0.3, -0.25) is 9.59 Å². The van der Waals surface area contributed by atoms with E-state index in [4.69, 9.17) is 9.47 Å². The highest BCUT2D eigenvalue weighted by Gasteiger charge is 2.30. The van der Waals surface area contributed by atoms with E-state index in [-0.39, 0.29) is 24.5 Å². The lowest BCUT2D eigenvalue weighted by Gasteiger charge is -2.33. The number of fused-ring (bicyclic) bond motifs is 2. The second-order valence-electron chi connectivity index (χ2n) is 8.71. The number of hydrogen-bond donors (Lipinski definition) is 2. The number of nitrogens with zero attached hydrogens (tertiary/aromatic N) is 3. The molecule has 0 saturated carbocycles. The third kappa shape index (κ3) is 4.25. The minimum Gasteiger partial charge on any atom is -0.454 e. The van der Waals surface area contributed by atoms with E-state index in [1.165, 1.54) is 11.2 Å². The van der Waals surface area contributed by atoms with Crippen molar-refractivity contribution in [3.8, 4) is 11.5 Å². The van der Waals surface area contributed by atoms with Crippen molar-refractivity contribution >= 4 is 44.9 Å². The number of likely N-dealkylation sites (tertiary alicyclic amines) is 1. The molecule has 2 amide bonds. The Morgan fingerprint density at radius 3 is 2.71 bits per heavy atom. The van der Waals surface area contributed by atoms with Crippen LogP contribution in [0.15, 0.2) is 24.5 Å². The van der Waals surface area contributed by atoms with Crippen molar-refractivity contribution in [3.05, 3.63) is 35.0 Å². The van der Waals surface area contributed by atoms with Crippen molar-refractivity contribution in [1.29, 1.82) is 0 Å². The molecule has 2 aromatic heterocycles. The maximum Gasteiger partial charge on any atom is 0.244 e. The minimum atomic E-state index is -0.434. The molecule has 1 unspecified atom stereocenters. The van der Waals surface area contributed by atoms with Gasteiger partial charge in [0, 0.05) is 35.6 Å². The van der Waals surface area contributed by atoms with Crippen LogP contribution in [0, 0.1) is 19.8 Å². The molecular weight excluding hydrogens is 454 g/mol. The molecule has 0 bridgehead atoms. The van der Waals surface area contributed by atoms with Gasteiger partial charge >= 0.3 is 0 Å². The van der Waals surface area contributed by atoms with Crippen molar-refractivity contribution < 1.29 is 19.1 Å². The zero-order chi connectivity index (χ0) is 23.8. The number of hydrogen-bond acceptors (Lipinski definition) is 8. The number of benzene rings is 1. The third-order valence-electron chi connectivity index (χ3n) is 6.51. The molecule has 1 fully saturated rings. The summed E-state index contributed by atoms with van der Waals surface area (Å²) in [6.07, 6.45) is 2.77. The van der Waals surface area contributed by atoms with Crippen LogP contribution in [0.1, 0.15) is 30.2 Å². The fourth-order valence-electron chi connectivity index (χ4n) is 4.41. The number of aromatic nitrogens is 2. The number of nitrogens with one attached hydrogen (secondary N) is 2. The molecule has 0 aliphatic carbocycles. The summed E-state index contributed by atoms with van der Waals surface area (Å²) < 4.78 is 10.7. The SMILES string of the molecule is Cc1sc2ncnc(NC(C)C(=O)N3CCC(C(=O)Nc4ccc5c(c4)OCO5)CC3)c2c1C. The summed E-state index contributed by atoms with van der Waals surface area (Å²) in [5.41, 5.74) is 1.82. The van der Waals surface area contributed by atoms with E-state index in [0.717, 1.165) is 15.8 Å². The van der Waals surface area contributed by atoms with Crippen LogP contribution in [0.5, 0.6) is 11.5 Å². The zero-order valence-electron chi connectivity index (χ0n) is 19.4. The van der Waals surface area contributed by atoms with Crippen LogP contribution in [0.25, 0.3) is 10.2 Å². The molecule has 9 nitrogen and oxygen atoms in total. The van der Waals surface area contributed by atoms with E-state index in [1.807, 2.05) is 11.8 Å². The summed E-state index contributed by atoms with van der Waals surface area (Å²) >= 11 is 1.63. The summed E-state index contributed by atoms with van der Waals surface area (Å²) in [4.78, 5) is 38.6. The number of aryl methyl sites for hydroxylation is 2. The average molecular weight is 482 g/mol. The van der Waals surface area contributed by atoms with Crippen LogP contribution < -0.4 is 20.1 Å². The molecule has 0 radical (unpaired) electrons. The molecule has 3 aromatic rings. The van der Waals surface area contributed by atoms with E-state index in [9.17, 15) is 9.59 Å². The van der Waals surface area contributed by atoms with Crippen molar-refractivity contribution in [3.63, 3.8) is 0 Å². The molecule has 2 aliphatic rings. The summed E-state index contributed by atoms with van der Waals surface area (Å²) in [5.74, 6) is 1.82. The molecule has 1 saturated heterocycles. The monoisotopic (exact) mass is 481 g/mol. The van der Waals surface area contributed by atoms with E-state index < -0.39 is 6.04 Å². The molecule has 2 aliphatic heterocycles. The fourth-order valence-corrected chi connectivity index (χ4v) is 5.41. The number of carbonyl (C=O) groups excluding carboxylic acids is 2. The first-order valence-electron chi connectivity index (χ1n) is 11.4. The Bertz CT molecular complexity index is 1250. The normalized spacial score (nSPS) is 16.5. The Hall–Kier alpha value is -3.40. The van der Waals surface area contributed by atoms with E-state index in [0.29, 0.717) is 48.9 Å². The zero-order valence-corrected chi connectivity index (χ0v) is 20.2. The summed E-state index contributed by atoms with van der Waals surface area (Å²) in [6, 6.07) is 4.93. The lowest BCUT2D eigenvalue weighted by atomic mass is 9.95. The van der Waals surface area contributed by atoms with Crippen molar-refractivity contribution in [2.45, 2.75) is 39.7 Å². The molecule has 34 heavy (non-hydrogen) atoms. The van der Waals surface area contributed by atoms with Crippen LogP contribution in [-0.2, 0) is 9.59 Å². The maximum atomic E-state index is 13.1. The summed E-state index contributed by atoms with van der Waals surface area (Å²) in [7, 11) is 0. The number of anilines is 2. The van der Waals surface area contributed by atoms with Crippen LogP contribution in [0.4, 0.5) is 11.5 Å². The number of ether oxygens (including phenoxy) is 2. The predicted molar refractivity (Wildman–Crippen MR) is 130 cm³/mol.